The van der Waals surface area contributed by atoms with Crippen molar-refractivity contribution in [2.45, 2.75) is 13.5 Å². The highest BCUT2D eigenvalue weighted by Crippen LogP contribution is 2.02. The van der Waals surface area contributed by atoms with Crippen molar-refractivity contribution < 1.29 is 4.79 Å². The fraction of sp³-hybridized carbons (Fsp3) is 0.333. The number of carbonyl (C=O) groups is 1. The van der Waals surface area contributed by atoms with Gasteiger partial charge in [0.25, 0.3) is 5.91 Å². The molecule has 0 saturated heterocycles. The smallest absolute Gasteiger partial charge is 0.271 e. The van der Waals surface area contributed by atoms with Gasteiger partial charge < -0.3 is 10.6 Å². The van der Waals surface area contributed by atoms with Gasteiger partial charge in [-0.05, 0) is 6.92 Å². The quantitative estimate of drug-likeness (QED) is 0.821. The lowest BCUT2D eigenvalue weighted by Crippen LogP contribution is -2.24. The lowest BCUT2D eigenvalue weighted by atomic mass is 10.3. The van der Waals surface area contributed by atoms with E-state index in [0.29, 0.717) is 18.1 Å². The number of nitrogens with zero attached hydrogens (tertiary/aromatic N) is 4. The Morgan fingerprint density at radius 2 is 2.21 bits per heavy atom. The summed E-state index contributed by atoms with van der Waals surface area (Å²) in [6.45, 7) is 3.10. The third kappa shape index (κ3) is 3.51. The Kier molecular flexibility index (Phi) is 4.07. The van der Waals surface area contributed by atoms with Gasteiger partial charge in [0.05, 0.1) is 18.6 Å². The van der Waals surface area contributed by atoms with Crippen molar-refractivity contribution >= 4 is 11.7 Å². The van der Waals surface area contributed by atoms with Crippen LogP contribution >= 0.6 is 0 Å². The van der Waals surface area contributed by atoms with E-state index in [9.17, 15) is 4.79 Å². The van der Waals surface area contributed by atoms with E-state index in [2.05, 4.69) is 25.7 Å². The largest absolute Gasteiger partial charge is 0.369 e. The van der Waals surface area contributed by atoms with Crippen molar-refractivity contribution in [2.75, 3.05) is 11.9 Å². The average molecular weight is 260 g/mol. The highest BCUT2D eigenvalue weighted by molar-refractivity contribution is 5.92. The molecule has 0 spiro atoms. The Balaban J connectivity index is 1.97. The molecule has 0 fully saturated rings. The first-order chi connectivity index (χ1) is 9.19. The van der Waals surface area contributed by atoms with E-state index >= 15 is 0 Å². The maximum absolute atomic E-state index is 11.9. The molecule has 0 radical (unpaired) electrons. The first kappa shape index (κ1) is 13.0. The molecule has 2 N–H and O–H groups in total. The minimum Gasteiger partial charge on any atom is -0.369 e. The molecule has 0 bridgehead atoms. The monoisotopic (exact) mass is 260 g/mol. The first-order valence-corrected chi connectivity index (χ1v) is 6.00. The zero-order valence-corrected chi connectivity index (χ0v) is 10.9. The molecule has 7 nitrogen and oxygen atoms in total. The topological polar surface area (TPSA) is 84.7 Å². The highest BCUT2D eigenvalue weighted by atomic mass is 16.1. The molecule has 0 aliphatic carbocycles. The summed E-state index contributed by atoms with van der Waals surface area (Å²) in [6.07, 6.45) is 6.59. The second-order valence-electron chi connectivity index (χ2n) is 4.02. The molecular formula is C12H16N6O. The van der Waals surface area contributed by atoms with Crippen LogP contribution in [0, 0.1) is 0 Å². The molecule has 19 heavy (non-hydrogen) atoms. The van der Waals surface area contributed by atoms with Crippen molar-refractivity contribution in [1.29, 1.82) is 0 Å². The number of carbonyl (C=O) groups excluding carboxylic acids is 1. The minimum absolute atomic E-state index is 0.254. The maximum Gasteiger partial charge on any atom is 0.271 e. The predicted molar refractivity (Wildman–Crippen MR) is 70.6 cm³/mol. The molecule has 2 heterocycles. The van der Waals surface area contributed by atoms with Gasteiger partial charge in [-0.1, -0.05) is 0 Å². The van der Waals surface area contributed by atoms with Crippen molar-refractivity contribution in [2.24, 2.45) is 7.05 Å². The number of aryl methyl sites for hydroxylation is 1. The number of hydrogen-bond acceptors (Lipinski definition) is 5. The van der Waals surface area contributed by atoms with Crippen LogP contribution in [-0.4, -0.2) is 32.2 Å². The van der Waals surface area contributed by atoms with E-state index < -0.39 is 0 Å². The molecule has 0 aliphatic heterocycles. The van der Waals surface area contributed by atoms with E-state index in [0.717, 1.165) is 12.1 Å². The third-order valence-corrected chi connectivity index (χ3v) is 2.44. The number of nitrogens with one attached hydrogen (secondary N) is 2. The number of anilines is 1. The second-order valence-corrected chi connectivity index (χ2v) is 4.02. The summed E-state index contributed by atoms with van der Waals surface area (Å²) in [7, 11) is 1.83. The van der Waals surface area contributed by atoms with E-state index in [-0.39, 0.29) is 5.91 Å². The van der Waals surface area contributed by atoms with E-state index in [1.165, 1.54) is 6.20 Å². The molecule has 1 amide bonds. The summed E-state index contributed by atoms with van der Waals surface area (Å²) in [4.78, 5) is 20.1. The number of aromatic nitrogens is 4. The number of hydrogen-bond donors (Lipinski definition) is 2. The van der Waals surface area contributed by atoms with Crippen LogP contribution in [-0.2, 0) is 13.6 Å². The molecule has 2 rings (SSSR count). The molecule has 0 saturated carbocycles. The number of rotatable bonds is 5. The Labute approximate surface area is 111 Å². The predicted octanol–water partition coefficient (Wildman–Crippen LogP) is 0.572. The van der Waals surface area contributed by atoms with Gasteiger partial charge in [0.15, 0.2) is 0 Å². The Morgan fingerprint density at radius 1 is 1.37 bits per heavy atom. The lowest BCUT2D eigenvalue weighted by molar-refractivity contribution is 0.0945. The fourth-order valence-electron chi connectivity index (χ4n) is 1.58. The normalized spacial score (nSPS) is 10.2. The summed E-state index contributed by atoms with van der Waals surface area (Å²) in [6, 6.07) is 0. The molecule has 2 aromatic rings. The number of amides is 1. The van der Waals surface area contributed by atoms with Gasteiger partial charge in [0, 0.05) is 31.9 Å². The van der Waals surface area contributed by atoms with Gasteiger partial charge in [-0.3, -0.25) is 14.5 Å². The lowest BCUT2D eigenvalue weighted by Gasteiger charge is -2.05. The third-order valence-electron chi connectivity index (χ3n) is 2.44. The van der Waals surface area contributed by atoms with E-state index in [1.807, 2.05) is 20.2 Å². The van der Waals surface area contributed by atoms with Crippen LogP contribution < -0.4 is 10.6 Å². The minimum atomic E-state index is -0.254. The van der Waals surface area contributed by atoms with Crippen molar-refractivity contribution in [3.63, 3.8) is 0 Å². The molecular weight excluding hydrogens is 244 g/mol. The molecule has 2 aromatic heterocycles. The molecule has 100 valence electrons. The Bertz CT molecular complexity index is 565. The highest BCUT2D eigenvalue weighted by Gasteiger charge is 2.08. The standard InChI is InChI=1S/C12H16N6O/c1-3-14-11-7-13-6-10(17-11)12(19)15-4-9-5-16-18(2)8-9/h5-8H,3-4H2,1-2H3,(H,14,17)(H,15,19). The summed E-state index contributed by atoms with van der Waals surface area (Å²) in [5.74, 6) is 0.340. The Morgan fingerprint density at radius 3 is 2.89 bits per heavy atom. The van der Waals surface area contributed by atoms with Gasteiger partial charge in [-0.15, -0.1) is 0 Å². The summed E-state index contributed by atoms with van der Waals surface area (Å²) in [5, 5.41) is 9.82. The maximum atomic E-state index is 11.9. The van der Waals surface area contributed by atoms with Gasteiger partial charge in [0.2, 0.25) is 0 Å². The van der Waals surface area contributed by atoms with Gasteiger partial charge in [-0.25, -0.2) is 4.98 Å². The van der Waals surface area contributed by atoms with Crippen LogP contribution in [0.3, 0.4) is 0 Å². The van der Waals surface area contributed by atoms with Crippen LogP contribution in [0.15, 0.2) is 24.8 Å². The molecule has 0 aliphatic rings. The second kappa shape index (κ2) is 5.94. The zero-order valence-electron chi connectivity index (χ0n) is 10.9. The van der Waals surface area contributed by atoms with Crippen LogP contribution in [0.5, 0.6) is 0 Å². The summed E-state index contributed by atoms with van der Waals surface area (Å²) in [5.41, 5.74) is 1.23. The molecule has 0 unspecified atom stereocenters. The SMILES string of the molecule is CCNc1cncc(C(=O)NCc2cnn(C)c2)n1. The van der Waals surface area contributed by atoms with E-state index in [1.54, 1.807) is 17.1 Å². The van der Waals surface area contributed by atoms with Crippen molar-refractivity contribution in [3.8, 4) is 0 Å². The Hall–Kier alpha value is -2.44. The summed E-state index contributed by atoms with van der Waals surface area (Å²) < 4.78 is 1.69. The van der Waals surface area contributed by atoms with Crippen LogP contribution in [0.2, 0.25) is 0 Å². The van der Waals surface area contributed by atoms with Gasteiger partial charge >= 0.3 is 0 Å². The van der Waals surface area contributed by atoms with Crippen LogP contribution in [0.4, 0.5) is 5.82 Å². The average Bonchev–Trinajstić information content (AvgIpc) is 2.82. The van der Waals surface area contributed by atoms with Crippen molar-refractivity contribution in [1.82, 2.24) is 25.1 Å². The zero-order chi connectivity index (χ0) is 13.7. The fourth-order valence-corrected chi connectivity index (χ4v) is 1.58. The van der Waals surface area contributed by atoms with Crippen LogP contribution in [0.25, 0.3) is 0 Å². The molecule has 0 atom stereocenters. The van der Waals surface area contributed by atoms with Crippen molar-refractivity contribution in [3.05, 3.63) is 36.0 Å². The summed E-state index contributed by atoms with van der Waals surface area (Å²) >= 11 is 0. The van der Waals surface area contributed by atoms with Gasteiger partial charge in [0.1, 0.15) is 11.5 Å². The molecule has 7 heteroatoms. The van der Waals surface area contributed by atoms with E-state index in [4.69, 9.17) is 0 Å². The van der Waals surface area contributed by atoms with Crippen LogP contribution in [0.1, 0.15) is 23.0 Å². The van der Waals surface area contributed by atoms with Gasteiger partial charge in [-0.2, -0.15) is 5.10 Å². The first-order valence-electron chi connectivity index (χ1n) is 6.00. The molecule has 0 aromatic carbocycles.